The minimum Gasteiger partial charge on any atom is -0.481 e. The molecule has 1 atom stereocenters. The van der Waals surface area contributed by atoms with Crippen molar-refractivity contribution in [3.8, 4) is 0 Å². The molecule has 1 heterocycles. The van der Waals surface area contributed by atoms with Crippen molar-refractivity contribution in [3.05, 3.63) is 29.3 Å². The topological polar surface area (TPSA) is 57.6 Å². The van der Waals surface area contributed by atoms with Gasteiger partial charge in [0.15, 0.2) is 0 Å². The number of aliphatic carboxylic acids is 1. The van der Waals surface area contributed by atoms with Crippen molar-refractivity contribution in [3.63, 3.8) is 0 Å². The number of carbonyl (C=O) groups is 2. The maximum Gasteiger partial charge on any atom is 0.311 e. The number of amides is 1. The quantitative estimate of drug-likeness (QED) is 0.866. The molecule has 2 rings (SSSR count). The zero-order valence-corrected chi connectivity index (χ0v) is 14.2. The van der Waals surface area contributed by atoms with E-state index in [0.717, 1.165) is 16.9 Å². The van der Waals surface area contributed by atoms with Crippen LogP contribution in [0, 0.1) is 19.3 Å². The molecule has 1 fully saturated rings. The molecule has 1 N–H and O–H groups in total. The third-order valence-corrected chi connectivity index (χ3v) is 5.40. The number of carbonyl (C=O) groups excluding carboxylic acids is 1. The molecule has 1 unspecified atom stereocenters. The van der Waals surface area contributed by atoms with Gasteiger partial charge in [0.2, 0.25) is 5.91 Å². The van der Waals surface area contributed by atoms with Crippen LogP contribution in [0.4, 0.5) is 0 Å². The van der Waals surface area contributed by atoms with E-state index >= 15 is 0 Å². The van der Waals surface area contributed by atoms with Crippen LogP contribution in [0.15, 0.2) is 23.1 Å². The monoisotopic (exact) mass is 321 g/mol. The van der Waals surface area contributed by atoms with Crippen molar-refractivity contribution >= 4 is 23.6 Å². The summed E-state index contributed by atoms with van der Waals surface area (Å²) in [6.45, 7) is 6.78. The first-order chi connectivity index (χ1) is 10.3. The normalized spacial score (nSPS) is 21.7. The van der Waals surface area contributed by atoms with Crippen LogP contribution < -0.4 is 0 Å². The number of thioether (sulfide) groups is 1. The van der Waals surface area contributed by atoms with Crippen LogP contribution >= 0.6 is 11.8 Å². The molecule has 0 spiro atoms. The van der Waals surface area contributed by atoms with Crippen LogP contribution in [-0.2, 0) is 9.59 Å². The average Bonchev–Trinajstić information content (AvgIpc) is 2.47. The van der Waals surface area contributed by atoms with Crippen molar-refractivity contribution in [1.29, 1.82) is 0 Å². The first-order valence-electron chi connectivity index (χ1n) is 7.53. The van der Waals surface area contributed by atoms with Crippen LogP contribution in [-0.4, -0.2) is 40.7 Å². The molecule has 5 heteroatoms. The number of aryl methyl sites for hydroxylation is 2. The Hall–Kier alpha value is -1.49. The van der Waals surface area contributed by atoms with Crippen LogP contribution in [0.2, 0.25) is 0 Å². The minimum atomic E-state index is -0.813. The van der Waals surface area contributed by atoms with Crippen LogP contribution in [0.1, 0.15) is 30.9 Å². The van der Waals surface area contributed by atoms with Gasteiger partial charge in [0, 0.05) is 18.0 Å². The van der Waals surface area contributed by atoms with Gasteiger partial charge in [-0.15, -0.1) is 11.8 Å². The van der Waals surface area contributed by atoms with E-state index in [1.54, 1.807) is 11.8 Å². The maximum absolute atomic E-state index is 12.4. The third-order valence-electron chi connectivity index (χ3n) is 4.26. The summed E-state index contributed by atoms with van der Waals surface area (Å²) in [5, 5.41) is 9.33. The predicted octanol–water partition coefficient (Wildman–Crippen LogP) is 3.11. The van der Waals surface area contributed by atoms with Crippen molar-refractivity contribution in [2.24, 2.45) is 5.41 Å². The molecule has 4 nitrogen and oxygen atoms in total. The molecule has 22 heavy (non-hydrogen) atoms. The Morgan fingerprint density at radius 1 is 1.36 bits per heavy atom. The Morgan fingerprint density at radius 2 is 2.09 bits per heavy atom. The number of carboxylic acid groups (broad SMARTS) is 1. The van der Waals surface area contributed by atoms with Crippen LogP contribution in [0.25, 0.3) is 0 Å². The summed E-state index contributed by atoms with van der Waals surface area (Å²) >= 11 is 1.53. The largest absolute Gasteiger partial charge is 0.481 e. The van der Waals surface area contributed by atoms with E-state index in [0.29, 0.717) is 25.3 Å². The molecular formula is C17H23NO3S. The van der Waals surface area contributed by atoms with E-state index in [1.165, 1.54) is 17.3 Å². The first-order valence-corrected chi connectivity index (χ1v) is 8.52. The fourth-order valence-corrected chi connectivity index (χ4v) is 3.75. The molecule has 0 aromatic heterocycles. The zero-order chi connectivity index (χ0) is 16.3. The van der Waals surface area contributed by atoms with Gasteiger partial charge < -0.3 is 10.0 Å². The highest BCUT2D eigenvalue weighted by Crippen LogP contribution is 2.31. The highest BCUT2D eigenvalue weighted by atomic mass is 32.2. The third kappa shape index (κ3) is 3.83. The number of carboxylic acids is 1. The molecule has 0 saturated carbocycles. The smallest absolute Gasteiger partial charge is 0.311 e. The summed E-state index contributed by atoms with van der Waals surface area (Å²) < 4.78 is 0. The lowest BCUT2D eigenvalue weighted by Crippen LogP contribution is -2.48. The van der Waals surface area contributed by atoms with Crippen molar-refractivity contribution < 1.29 is 14.7 Å². The number of benzene rings is 1. The number of nitrogens with zero attached hydrogens (tertiary/aromatic N) is 1. The summed E-state index contributed by atoms with van der Waals surface area (Å²) in [4.78, 5) is 26.6. The van der Waals surface area contributed by atoms with E-state index < -0.39 is 11.4 Å². The van der Waals surface area contributed by atoms with E-state index in [9.17, 15) is 14.7 Å². The zero-order valence-electron chi connectivity index (χ0n) is 13.4. The van der Waals surface area contributed by atoms with E-state index in [1.807, 2.05) is 13.8 Å². The molecule has 0 radical (unpaired) electrons. The van der Waals surface area contributed by atoms with Crippen LogP contribution in [0.3, 0.4) is 0 Å². The molecule has 1 aliphatic rings. The molecule has 1 aromatic rings. The standard InChI is InChI=1S/C17H23NO3S/c1-12-5-6-13(2)14(9-12)22-10-15(19)18-8-4-7-17(3,11-18)16(20)21/h5-6,9H,4,7-8,10-11H2,1-3H3,(H,20,21). The summed E-state index contributed by atoms with van der Waals surface area (Å²) in [6.07, 6.45) is 1.39. The summed E-state index contributed by atoms with van der Waals surface area (Å²) in [5.74, 6) is -0.426. The number of hydrogen-bond donors (Lipinski definition) is 1. The van der Waals surface area contributed by atoms with Gasteiger partial charge in [-0.1, -0.05) is 17.7 Å². The Morgan fingerprint density at radius 3 is 2.77 bits per heavy atom. The molecule has 1 aliphatic heterocycles. The summed E-state index contributed by atoms with van der Waals surface area (Å²) in [6, 6.07) is 6.21. The molecule has 1 saturated heterocycles. The lowest BCUT2D eigenvalue weighted by Gasteiger charge is -2.37. The summed E-state index contributed by atoms with van der Waals surface area (Å²) in [5.41, 5.74) is 1.53. The van der Waals surface area contributed by atoms with Gasteiger partial charge in [0.1, 0.15) is 0 Å². The number of likely N-dealkylation sites (tertiary alicyclic amines) is 1. The molecular weight excluding hydrogens is 298 g/mol. The predicted molar refractivity (Wildman–Crippen MR) is 88.2 cm³/mol. The molecule has 0 aliphatic carbocycles. The Bertz CT molecular complexity index is 587. The van der Waals surface area contributed by atoms with Gasteiger partial charge in [0.25, 0.3) is 0 Å². The van der Waals surface area contributed by atoms with Crippen molar-refractivity contribution in [2.75, 3.05) is 18.8 Å². The van der Waals surface area contributed by atoms with Gasteiger partial charge in [-0.25, -0.2) is 0 Å². The lowest BCUT2D eigenvalue weighted by molar-refractivity contribution is -0.153. The van der Waals surface area contributed by atoms with Gasteiger partial charge in [-0.05, 0) is 45.2 Å². The second-order valence-electron chi connectivity index (χ2n) is 6.34. The Kier molecular flexibility index (Phi) is 5.16. The Balaban J connectivity index is 1.97. The fourth-order valence-electron chi connectivity index (χ4n) is 2.72. The first kappa shape index (κ1) is 16.9. The van der Waals surface area contributed by atoms with Crippen molar-refractivity contribution in [1.82, 2.24) is 4.90 Å². The number of rotatable bonds is 4. The minimum absolute atomic E-state index is 0.0260. The lowest BCUT2D eigenvalue weighted by atomic mass is 9.82. The van der Waals surface area contributed by atoms with Crippen molar-refractivity contribution in [2.45, 2.75) is 38.5 Å². The highest BCUT2D eigenvalue weighted by molar-refractivity contribution is 8.00. The average molecular weight is 321 g/mol. The summed E-state index contributed by atoms with van der Waals surface area (Å²) in [7, 11) is 0. The fraction of sp³-hybridized carbons (Fsp3) is 0.529. The van der Waals surface area contributed by atoms with Gasteiger partial charge in [0.05, 0.1) is 11.2 Å². The SMILES string of the molecule is Cc1ccc(C)c(SCC(=O)N2CCCC(C)(C(=O)O)C2)c1. The second kappa shape index (κ2) is 6.73. The van der Waals surface area contributed by atoms with Gasteiger partial charge in [-0.2, -0.15) is 0 Å². The molecule has 120 valence electrons. The van der Waals surface area contributed by atoms with Gasteiger partial charge in [-0.3, -0.25) is 9.59 Å². The number of hydrogen-bond acceptors (Lipinski definition) is 3. The second-order valence-corrected chi connectivity index (χ2v) is 7.36. The van der Waals surface area contributed by atoms with E-state index in [2.05, 4.69) is 18.2 Å². The molecule has 0 bridgehead atoms. The van der Waals surface area contributed by atoms with E-state index in [4.69, 9.17) is 0 Å². The number of piperidine rings is 1. The maximum atomic E-state index is 12.4. The highest BCUT2D eigenvalue weighted by Gasteiger charge is 2.39. The van der Waals surface area contributed by atoms with E-state index in [-0.39, 0.29) is 5.91 Å². The Labute approximate surface area is 135 Å². The molecule has 1 aromatic carbocycles. The molecule has 1 amide bonds. The van der Waals surface area contributed by atoms with Crippen LogP contribution in [0.5, 0.6) is 0 Å². The van der Waals surface area contributed by atoms with Gasteiger partial charge >= 0.3 is 5.97 Å².